The van der Waals surface area contributed by atoms with Crippen LogP contribution < -0.4 is 5.73 Å². The molecule has 1 aliphatic heterocycles. The van der Waals surface area contributed by atoms with Gasteiger partial charge < -0.3 is 10.6 Å². The summed E-state index contributed by atoms with van der Waals surface area (Å²) in [6.45, 7) is 2.18. The number of benzene rings is 1. The number of piperidine rings is 1. The highest BCUT2D eigenvalue weighted by Gasteiger charge is 2.24. The minimum absolute atomic E-state index is 0.0586. The maximum atomic E-state index is 12.5. The van der Waals surface area contributed by atoms with Crippen molar-refractivity contribution in [1.82, 2.24) is 19.9 Å². The van der Waals surface area contributed by atoms with Gasteiger partial charge in [0.15, 0.2) is 5.69 Å². The van der Waals surface area contributed by atoms with E-state index in [1.807, 2.05) is 29.2 Å². The number of carbonyl (C=O) groups is 1. The van der Waals surface area contributed by atoms with Gasteiger partial charge in [-0.2, -0.15) is 0 Å². The Morgan fingerprint density at radius 2 is 2.14 bits per heavy atom. The lowest BCUT2D eigenvalue weighted by atomic mass is 9.97. The number of rotatable bonds is 3. The van der Waals surface area contributed by atoms with E-state index in [2.05, 4.69) is 26.2 Å². The largest absolute Gasteiger partial charge is 0.337 e. The molecule has 6 nitrogen and oxygen atoms in total. The number of likely N-dealkylation sites (tertiary alicyclic amines) is 1. The molecule has 2 heterocycles. The maximum Gasteiger partial charge on any atom is 0.276 e. The Balaban J connectivity index is 1.72. The number of hydrogen-bond acceptors (Lipinski definition) is 4. The van der Waals surface area contributed by atoms with Gasteiger partial charge in [-0.15, -0.1) is 5.10 Å². The van der Waals surface area contributed by atoms with Crippen molar-refractivity contribution in [3.05, 3.63) is 40.6 Å². The average Bonchev–Trinajstić information content (AvgIpc) is 3.04. The van der Waals surface area contributed by atoms with Gasteiger partial charge in [-0.1, -0.05) is 27.2 Å². The minimum atomic E-state index is -0.0586. The van der Waals surface area contributed by atoms with Crippen LogP contribution in [-0.2, 0) is 0 Å². The molecule has 0 radical (unpaired) electrons. The van der Waals surface area contributed by atoms with E-state index >= 15 is 0 Å². The third-order valence-electron chi connectivity index (χ3n) is 4.02. The van der Waals surface area contributed by atoms with Crippen molar-refractivity contribution >= 4 is 21.8 Å². The predicted molar refractivity (Wildman–Crippen MR) is 86.7 cm³/mol. The molecule has 1 aromatic carbocycles. The topological polar surface area (TPSA) is 77.0 Å². The molecule has 7 heteroatoms. The molecular formula is C15H18BrN5O. The number of nitrogens with zero attached hydrogens (tertiary/aromatic N) is 4. The molecule has 1 amide bonds. The van der Waals surface area contributed by atoms with Gasteiger partial charge >= 0.3 is 0 Å². The van der Waals surface area contributed by atoms with E-state index in [0.29, 0.717) is 18.2 Å². The van der Waals surface area contributed by atoms with Crippen LogP contribution in [-0.4, -0.2) is 45.4 Å². The molecule has 2 N–H and O–H groups in total. The first-order valence-corrected chi connectivity index (χ1v) is 8.14. The van der Waals surface area contributed by atoms with Crippen LogP contribution in [0.4, 0.5) is 0 Å². The second-order valence-corrected chi connectivity index (χ2v) is 6.42. The zero-order chi connectivity index (χ0) is 15.5. The van der Waals surface area contributed by atoms with Crippen molar-refractivity contribution in [2.24, 2.45) is 11.7 Å². The van der Waals surface area contributed by atoms with Crippen molar-refractivity contribution in [3.63, 3.8) is 0 Å². The van der Waals surface area contributed by atoms with Crippen LogP contribution in [0.3, 0.4) is 0 Å². The zero-order valence-corrected chi connectivity index (χ0v) is 13.7. The SMILES string of the molecule is NCC1CCN(C(=O)c2cn(-c3cccc(Br)c3)nn2)CC1. The molecule has 1 aromatic heterocycles. The molecule has 0 bridgehead atoms. The summed E-state index contributed by atoms with van der Waals surface area (Å²) in [5.74, 6) is 0.470. The van der Waals surface area contributed by atoms with Crippen LogP contribution in [0.15, 0.2) is 34.9 Å². The lowest BCUT2D eigenvalue weighted by Gasteiger charge is -2.30. The Hall–Kier alpha value is -1.73. The smallest absolute Gasteiger partial charge is 0.276 e. The molecule has 1 saturated heterocycles. The molecule has 1 fully saturated rings. The predicted octanol–water partition coefficient (Wildman–Crippen LogP) is 1.84. The van der Waals surface area contributed by atoms with E-state index in [-0.39, 0.29) is 5.91 Å². The average molecular weight is 364 g/mol. The van der Waals surface area contributed by atoms with E-state index < -0.39 is 0 Å². The lowest BCUT2D eigenvalue weighted by Crippen LogP contribution is -2.40. The van der Waals surface area contributed by atoms with E-state index in [1.165, 1.54) is 0 Å². The van der Waals surface area contributed by atoms with E-state index in [9.17, 15) is 4.79 Å². The van der Waals surface area contributed by atoms with Crippen LogP contribution in [0.5, 0.6) is 0 Å². The Labute approximate surface area is 137 Å². The second-order valence-electron chi connectivity index (χ2n) is 5.50. The molecule has 1 aliphatic rings. The van der Waals surface area contributed by atoms with Gasteiger partial charge in [0.1, 0.15) is 0 Å². The quantitative estimate of drug-likeness (QED) is 0.902. The van der Waals surface area contributed by atoms with Gasteiger partial charge in [-0.3, -0.25) is 4.79 Å². The molecule has 0 atom stereocenters. The Morgan fingerprint density at radius 3 is 2.82 bits per heavy atom. The Bertz CT molecular complexity index is 663. The van der Waals surface area contributed by atoms with Crippen LogP contribution in [0, 0.1) is 5.92 Å². The summed E-state index contributed by atoms with van der Waals surface area (Å²) < 4.78 is 2.57. The van der Waals surface area contributed by atoms with Crippen molar-refractivity contribution < 1.29 is 4.79 Å². The van der Waals surface area contributed by atoms with Gasteiger partial charge in [0.25, 0.3) is 5.91 Å². The maximum absolute atomic E-state index is 12.5. The van der Waals surface area contributed by atoms with E-state index in [1.54, 1.807) is 10.9 Å². The van der Waals surface area contributed by atoms with E-state index in [0.717, 1.165) is 36.1 Å². The number of halogens is 1. The van der Waals surface area contributed by atoms with Crippen LogP contribution in [0.1, 0.15) is 23.3 Å². The van der Waals surface area contributed by atoms with Gasteiger partial charge in [0, 0.05) is 17.6 Å². The summed E-state index contributed by atoms with van der Waals surface area (Å²) in [6, 6.07) is 7.70. The second kappa shape index (κ2) is 6.58. The summed E-state index contributed by atoms with van der Waals surface area (Å²) in [7, 11) is 0. The van der Waals surface area contributed by atoms with Crippen molar-refractivity contribution in [2.75, 3.05) is 19.6 Å². The van der Waals surface area contributed by atoms with Gasteiger partial charge in [-0.05, 0) is 43.5 Å². The first-order valence-electron chi connectivity index (χ1n) is 7.35. The van der Waals surface area contributed by atoms with Crippen LogP contribution in [0.25, 0.3) is 5.69 Å². The Morgan fingerprint density at radius 1 is 1.36 bits per heavy atom. The first-order chi connectivity index (χ1) is 10.7. The fourth-order valence-corrected chi connectivity index (χ4v) is 3.03. The normalized spacial score (nSPS) is 16.0. The summed E-state index contributed by atoms with van der Waals surface area (Å²) in [5.41, 5.74) is 6.93. The van der Waals surface area contributed by atoms with Gasteiger partial charge in [-0.25, -0.2) is 4.68 Å². The van der Waals surface area contributed by atoms with Gasteiger partial charge in [0.2, 0.25) is 0 Å². The van der Waals surface area contributed by atoms with Gasteiger partial charge in [0.05, 0.1) is 11.9 Å². The van der Waals surface area contributed by atoms with E-state index in [4.69, 9.17) is 5.73 Å². The molecule has 22 heavy (non-hydrogen) atoms. The van der Waals surface area contributed by atoms with Crippen LogP contribution in [0.2, 0.25) is 0 Å². The van der Waals surface area contributed by atoms with Crippen molar-refractivity contribution in [2.45, 2.75) is 12.8 Å². The molecule has 0 saturated carbocycles. The summed E-state index contributed by atoms with van der Waals surface area (Å²) in [5, 5.41) is 8.07. The number of nitrogens with two attached hydrogens (primary N) is 1. The zero-order valence-electron chi connectivity index (χ0n) is 12.2. The summed E-state index contributed by atoms with van der Waals surface area (Å²) >= 11 is 3.42. The summed E-state index contributed by atoms with van der Waals surface area (Å²) in [6.07, 6.45) is 3.60. The highest BCUT2D eigenvalue weighted by Crippen LogP contribution is 2.18. The van der Waals surface area contributed by atoms with Crippen LogP contribution >= 0.6 is 15.9 Å². The molecular weight excluding hydrogens is 346 g/mol. The number of carbonyl (C=O) groups excluding carboxylic acids is 1. The third kappa shape index (κ3) is 3.20. The molecule has 0 aliphatic carbocycles. The highest BCUT2D eigenvalue weighted by atomic mass is 79.9. The highest BCUT2D eigenvalue weighted by molar-refractivity contribution is 9.10. The van der Waals surface area contributed by atoms with Crippen molar-refractivity contribution in [3.8, 4) is 5.69 Å². The first kappa shape index (κ1) is 15.2. The molecule has 0 unspecified atom stereocenters. The molecule has 3 rings (SSSR count). The molecule has 0 spiro atoms. The summed E-state index contributed by atoms with van der Waals surface area (Å²) in [4.78, 5) is 14.3. The number of amides is 1. The monoisotopic (exact) mass is 363 g/mol. The Kier molecular flexibility index (Phi) is 4.54. The van der Waals surface area contributed by atoms with Crippen molar-refractivity contribution in [1.29, 1.82) is 0 Å². The molecule has 2 aromatic rings. The number of aromatic nitrogens is 3. The number of hydrogen-bond donors (Lipinski definition) is 1. The molecule has 116 valence electrons. The standard InChI is InChI=1S/C15H18BrN5O/c16-12-2-1-3-13(8-12)21-10-14(18-19-21)15(22)20-6-4-11(9-17)5-7-20/h1-3,8,10-11H,4-7,9,17H2. The lowest BCUT2D eigenvalue weighted by molar-refractivity contribution is 0.0687. The fraction of sp³-hybridized carbons (Fsp3) is 0.400. The third-order valence-corrected chi connectivity index (χ3v) is 4.51. The fourth-order valence-electron chi connectivity index (χ4n) is 2.64. The minimum Gasteiger partial charge on any atom is -0.337 e.